The Morgan fingerprint density at radius 2 is 1.95 bits per heavy atom. The molecule has 1 aromatic rings. The number of hydrogen-bond donors (Lipinski definition) is 1. The minimum atomic E-state index is -3.07. The molecule has 1 atom stereocenters. The van der Waals surface area contributed by atoms with E-state index in [0.717, 1.165) is 5.56 Å². The lowest BCUT2D eigenvalue weighted by atomic mass is 10.1. The first-order valence-corrected chi connectivity index (χ1v) is 8.41. The molecule has 0 radical (unpaired) electrons. The van der Waals surface area contributed by atoms with Crippen LogP contribution in [0.25, 0.3) is 0 Å². The van der Waals surface area contributed by atoms with E-state index in [4.69, 9.17) is 0 Å². The number of sulfone groups is 1. The van der Waals surface area contributed by atoms with E-state index in [-0.39, 0.29) is 6.04 Å². The highest BCUT2D eigenvalue weighted by Crippen LogP contribution is 2.18. The number of hydrogen-bond acceptors (Lipinski definition) is 4. The molecule has 0 aliphatic rings. The van der Waals surface area contributed by atoms with Crippen molar-refractivity contribution in [3.8, 4) is 0 Å². The molecule has 0 unspecified atom stereocenters. The zero-order valence-electron chi connectivity index (χ0n) is 12.6. The Kier molecular flexibility index (Phi) is 4.79. The van der Waals surface area contributed by atoms with Crippen LogP contribution in [0.4, 0.5) is 0 Å². The van der Waals surface area contributed by atoms with E-state index in [0.29, 0.717) is 12.6 Å². The van der Waals surface area contributed by atoms with Crippen molar-refractivity contribution in [2.24, 2.45) is 0 Å². The summed E-state index contributed by atoms with van der Waals surface area (Å²) in [6.07, 6.45) is 5.09. The summed E-state index contributed by atoms with van der Waals surface area (Å²) in [7, 11) is -3.07. The summed E-state index contributed by atoms with van der Waals surface area (Å²) in [4.78, 5) is 0. The average molecular weight is 287 g/mol. The summed E-state index contributed by atoms with van der Waals surface area (Å²) in [6, 6.07) is 0.405. The minimum absolute atomic E-state index is 0.0773. The highest BCUT2D eigenvalue weighted by Gasteiger charge is 2.30. The van der Waals surface area contributed by atoms with Gasteiger partial charge in [-0.05, 0) is 34.6 Å². The lowest BCUT2D eigenvalue weighted by Gasteiger charge is -2.25. The molecule has 1 N–H and O–H groups in total. The van der Waals surface area contributed by atoms with Gasteiger partial charge in [0.25, 0.3) is 0 Å². The molecule has 5 nitrogen and oxygen atoms in total. The van der Waals surface area contributed by atoms with Crippen LogP contribution in [0.1, 0.15) is 52.3 Å². The third kappa shape index (κ3) is 4.04. The maximum Gasteiger partial charge on any atom is 0.153 e. The highest BCUT2D eigenvalue weighted by atomic mass is 32.2. The van der Waals surface area contributed by atoms with Crippen molar-refractivity contribution >= 4 is 9.84 Å². The minimum Gasteiger partial charge on any atom is -0.309 e. The quantitative estimate of drug-likeness (QED) is 0.868. The van der Waals surface area contributed by atoms with Gasteiger partial charge in [-0.1, -0.05) is 0 Å². The number of aromatic nitrogens is 2. The van der Waals surface area contributed by atoms with Gasteiger partial charge in [0.2, 0.25) is 0 Å². The zero-order chi connectivity index (χ0) is 14.8. The number of nitrogens with one attached hydrogen (secondary N) is 1. The molecule has 0 aliphatic carbocycles. The van der Waals surface area contributed by atoms with E-state index < -0.39 is 14.6 Å². The first kappa shape index (κ1) is 16.2. The lowest BCUT2D eigenvalue weighted by Crippen LogP contribution is -2.42. The van der Waals surface area contributed by atoms with Gasteiger partial charge in [-0.15, -0.1) is 0 Å². The monoisotopic (exact) mass is 287 g/mol. The van der Waals surface area contributed by atoms with Gasteiger partial charge in [-0.25, -0.2) is 8.42 Å². The second-order valence-electron chi connectivity index (χ2n) is 5.98. The number of nitrogens with zero attached hydrogens (tertiary/aromatic N) is 2. The Morgan fingerprint density at radius 3 is 2.37 bits per heavy atom. The lowest BCUT2D eigenvalue weighted by molar-refractivity contribution is 0.487. The summed E-state index contributed by atoms with van der Waals surface area (Å²) in [5, 5.41) is 7.55. The van der Waals surface area contributed by atoms with Crippen LogP contribution in [0.5, 0.6) is 0 Å². The second kappa shape index (κ2) is 5.63. The average Bonchev–Trinajstić information content (AvgIpc) is 2.73. The van der Waals surface area contributed by atoms with Crippen molar-refractivity contribution in [2.75, 3.05) is 12.8 Å². The second-order valence-corrected chi connectivity index (χ2v) is 8.63. The van der Waals surface area contributed by atoms with Crippen molar-refractivity contribution in [1.82, 2.24) is 15.1 Å². The highest BCUT2D eigenvalue weighted by molar-refractivity contribution is 7.92. The van der Waals surface area contributed by atoms with E-state index in [2.05, 4.69) is 24.3 Å². The van der Waals surface area contributed by atoms with Crippen molar-refractivity contribution in [3.63, 3.8) is 0 Å². The molecule has 1 rings (SSSR count). The van der Waals surface area contributed by atoms with Gasteiger partial charge in [0.15, 0.2) is 9.84 Å². The molecule has 1 aromatic heterocycles. The number of rotatable bonds is 6. The van der Waals surface area contributed by atoms with Gasteiger partial charge in [-0.3, -0.25) is 4.68 Å². The zero-order valence-corrected chi connectivity index (χ0v) is 13.5. The molecule has 110 valence electrons. The van der Waals surface area contributed by atoms with Crippen LogP contribution in [-0.2, 0) is 9.84 Å². The fourth-order valence-electron chi connectivity index (χ4n) is 1.51. The molecule has 0 saturated heterocycles. The SMILES string of the molecule is CC(C)n1cc([C@@H](C)NCC(C)(C)S(C)(=O)=O)cn1. The summed E-state index contributed by atoms with van der Waals surface area (Å²) < 4.78 is 24.4. The van der Waals surface area contributed by atoms with E-state index in [1.54, 1.807) is 13.8 Å². The fourth-order valence-corrected chi connectivity index (χ4v) is 1.85. The Balaban J connectivity index is 2.68. The van der Waals surface area contributed by atoms with Crippen LogP contribution in [-0.4, -0.2) is 35.7 Å². The molecule has 0 spiro atoms. The van der Waals surface area contributed by atoms with Gasteiger partial charge >= 0.3 is 0 Å². The third-order valence-electron chi connectivity index (χ3n) is 3.49. The van der Waals surface area contributed by atoms with Crippen LogP contribution in [0, 0.1) is 0 Å². The molecule has 19 heavy (non-hydrogen) atoms. The Morgan fingerprint density at radius 1 is 1.37 bits per heavy atom. The maximum atomic E-state index is 11.6. The van der Waals surface area contributed by atoms with Gasteiger partial charge in [0, 0.05) is 36.6 Å². The largest absolute Gasteiger partial charge is 0.309 e. The topological polar surface area (TPSA) is 64.0 Å². The van der Waals surface area contributed by atoms with Crippen molar-refractivity contribution < 1.29 is 8.42 Å². The van der Waals surface area contributed by atoms with Crippen molar-refractivity contribution in [3.05, 3.63) is 18.0 Å². The summed E-state index contributed by atoms with van der Waals surface area (Å²) in [6.45, 7) is 10.0. The predicted molar refractivity (Wildman–Crippen MR) is 78.0 cm³/mol. The van der Waals surface area contributed by atoms with Crippen molar-refractivity contribution in [2.45, 2.75) is 51.4 Å². The standard InChI is InChI=1S/C13H25N3O2S/c1-10(2)16-8-12(7-15-16)11(3)14-9-13(4,5)19(6,17)18/h7-8,10-11,14H,9H2,1-6H3/t11-/m1/s1. The molecular formula is C13H25N3O2S. The molecule has 0 saturated carbocycles. The van der Waals surface area contributed by atoms with Crippen LogP contribution >= 0.6 is 0 Å². The normalized spacial score (nSPS) is 14.9. The van der Waals surface area contributed by atoms with E-state index >= 15 is 0 Å². The first-order chi connectivity index (χ1) is 8.54. The first-order valence-electron chi connectivity index (χ1n) is 6.51. The Bertz CT molecular complexity index is 518. The predicted octanol–water partition coefficient (Wildman–Crippen LogP) is 1.94. The summed E-state index contributed by atoms with van der Waals surface area (Å²) in [5.74, 6) is 0. The molecule has 0 aromatic carbocycles. The van der Waals surface area contributed by atoms with Gasteiger partial charge < -0.3 is 5.32 Å². The molecule has 0 aliphatic heterocycles. The van der Waals surface area contributed by atoms with Crippen LogP contribution in [0.2, 0.25) is 0 Å². The summed E-state index contributed by atoms with van der Waals surface area (Å²) >= 11 is 0. The van der Waals surface area contributed by atoms with Gasteiger partial charge in [0.05, 0.1) is 10.9 Å². The molecule has 0 fully saturated rings. The van der Waals surface area contributed by atoms with Crippen LogP contribution in [0.3, 0.4) is 0 Å². The Hall–Kier alpha value is -0.880. The van der Waals surface area contributed by atoms with E-state index in [1.165, 1.54) is 6.26 Å². The maximum absolute atomic E-state index is 11.6. The Labute approximate surface area is 116 Å². The summed E-state index contributed by atoms with van der Waals surface area (Å²) in [5.41, 5.74) is 1.07. The molecule has 6 heteroatoms. The van der Waals surface area contributed by atoms with Crippen LogP contribution < -0.4 is 5.32 Å². The van der Waals surface area contributed by atoms with Crippen molar-refractivity contribution in [1.29, 1.82) is 0 Å². The van der Waals surface area contributed by atoms with E-state index in [1.807, 2.05) is 24.0 Å². The third-order valence-corrected chi connectivity index (χ3v) is 5.64. The fraction of sp³-hybridized carbons (Fsp3) is 0.769. The van der Waals surface area contributed by atoms with Crippen LogP contribution in [0.15, 0.2) is 12.4 Å². The van der Waals surface area contributed by atoms with Gasteiger partial charge in [-0.2, -0.15) is 5.10 Å². The van der Waals surface area contributed by atoms with E-state index in [9.17, 15) is 8.42 Å². The molecular weight excluding hydrogens is 262 g/mol. The molecule has 1 heterocycles. The molecule has 0 bridgehead atoms. The van der Waals surface area contributed by atoms with Gasteiger partial charge in [0.1, 0.15) is 0 Å². The molecule has 0 amide bonds. The smallest absolute Gasteiger partial charge is 0.153 e.